The summed E-state index contributed by atoms with van der Waals surface area (Å²) in [4.78, 5) is 0. The molecule has 2 nitrogen and oxygen atoms in total. The number of aromatic nitrogens is 2. The topological polar surface area (TPSA) is 8.20 Å². The third-order valence-electron chi connectivity index (χ3n) is 4.39. The van der Waals surface area contributed by atoms with E-state index in [2.05, 4.69) is 94.1 Å². The lowest BCUT2D eigenvalue weighted by Gasteiger charge is -2.03. The Morgan fingerprint density at radius 3 is 2.09 bits per heavy atom. The Morgan fingerprint density at radius 1 is 0.500 bits per heavy atom. The summed E-state index contributed by atoms with van der Waals surface area (Å²) in [5.41, 5.74) is 3.70. The van der Waals surface area contributed by atoms with Crippen LogP contribution < -0.4 is 8.80 Å². The first-order valence-electron chi connectivity index (χ1n) is 7.47. The molecule has 0 saturated heterocycles. The van der Waals surface area contributed by atoms with E-state index in [4.69, 9.17) is 0 Å². The fourth-order valence-electron chi connectivity index (χ4n) is 3.43. The first-order chi connectivity index (χ1) is 10.9. The molecule has 0 aliphatic heterocycles. The molecule has 0 bridgehead atoms. The second-order valence-electron chi connectivity index (χ2n) is 5.57. The van der Waals surface area contributed by atoms with Crippen molar-refractivity contribution in [3.8, 4) is 0 Å². The van der Waals surface area contributed by atoms with Crippen LogP contribution >= 0.6 is 0 Å². The summed E-state index contributed by atoms with van der Waals surface area (Å²) in [5, 5.41) is 3.87. The fourth-order valence-corrected chi connectivity index (χ4v) is 3.43. The SMILES string of the molecule is c1ccc2c(c1)c1ccccc1[n+]1cc[n+]3ccccc3c21. The van der Waals surface area contributed by atoms with Crippen molar-refractivity contribution in [2.75, 3.05) is 0 Å². The summed E-state index contributed by atoms with van der Waals surface area (Å²) in [6.07, 6.45) is 6.36. The van der Waals surface area contributed by atoms with Crippen molar-refractivity contribution >= 4 is 32.7 Å². The minimum Gasteiger partial charge on any atom is -0.156 e. The van der Waals surface area contributed by atoms with Gasteiger partial charge in [-0.3, -0.25) is 0 Å². The second-order valence-corrected chi connectivity index (χ2v) is 5.57. The maximum absolute atomic E-state index is 2.30. The van der Waals surface area contributed by atoms with Crippen LogP contribution in [0.3, 0.4) is 0 Å². The van der Waals surface area contributed by atoms with Gasteiger partial charge >= 0.3 is 0 Å². The first kappa shape index (κ1) is 11.6. The Labute approximate surface area is 127 Å². The van der Waals surface area contributed by atoms with Gasteiger partial charge in [-0.2, -0.15) is 4.40 Å². The van der Waals surface area contributed by atoms with E-state index in [1.54, 1.807) is 0 Å². The van der Waals surface area contributed by atoms with Gasteiger partial charge in [-0.05, 0) is 18.2 Å². The van der Waals surface area contributed by atoms with E-state index in [1.807, 2.05) is 0 Å². The molecule has 0 aliphatic rings. The lowest BCUT2D eigenvalue weighted by Crippen LogP contribution is -2.32. The quantitative estimate of drug-likeness (QED) is 0.304. The van der Waals surface area contributed by atoms with E-state index in [1.165, 1.54) is 32.7 Å². The van der Waals surface area contributed by atoms with Crippen LogP contribution in [0.1, 0.15) is 0 Å². The maximum Gasteiger partial charge on any atom is 0.291 e. The molecule has 5 aromatic rings. The van der Waals surface area contributed by atoms with Crippen molar-refractivity contribution < 1.29 is 8.80 Å². The second kappa shape index (κ2) is 4.25. The molecule has 5 rings (SSSR count). The van der Waals surface area contributed by atoms with Gasteiger partial charge in [0.1, 0.15) is 0 Å². The van der Waals surface area contributed by atoms with Crippen molar-refractivity contribution in [1.82, 2.24) is 0 Å². The fraction of sp³-hybridized carbons (Fsp3) is 0. The Balaban J connectivity index is 2.24. The molecule has 0 unspecified atom stereocenters. The van der Waals surface area contributed by atoms with Crippen LogP contribution in [0.15, 0.2) is 85.3 Å². The highest BCUT2D eigenvalue weighted by atomic mass is 15.0. The van der Waals surface area contributed by atoms with Gasteiger partial charge in [0, 0.05) is 23.6 Å². The van der Waals surface area contributed by atoms with E-state index in [-0.39, 0.29) is 0 Å². The van der Waals surface area contributed by atoms with E-state index < -0.39 is 0 Å². The van der Waals surface area contributed by atoms with Crippen LogP contribution in [-0.4, -0.2) is 0 Å². The summed E-state index contributed by atoms with van der Waals surface area (Å²) >= 11 is 0. The van der Waals surface area contributed by atoms with Crippen molar-refractivity contribution in [3.63, 3.8) is 0 Å². The number of nitrogens with zero attached hydrogens (tertiary/aromatic N) is 2. The van der Waals surface area contributed by atoms with Gasteiger partial charge in [0.25, 0.3) is 11.0 Å². The average molecular weight is 282 g/mol. The minimum absolute atomic E-state index is 1.21. The lowest BCUT2D eigenvalue weighted by atomic mass is 10.0. The smallest absolute Gasteiger partial charge is 0.156 e. The summed E-state index contributed by atoms with van der Waals surface area (Å²) in [5.74, 6) is 0. The van der Waals surface area contributed by atoms with Gasteiger partial charge in [0.05, 0.1) is 10.8 Å². The third-order valence-corrected chi connectivity index (χ3v) is 4.39. The number of fused-ring (bicyclic) bond motifs is 8. The molecule has 0 amide bonds. The van der Waals surface area contributed by atoms with Gasteiger partial charge in [-0.25, -0.2) is 0 Å². The molecular formula is C20H14N2+2. The van der Waals surface area contributed by atoms with Crippen molar-refractivity contribution in [3.05, 3.63) is 85.3 Å². The first-order valence-corrected chi connectivity index (χ1v) is 7.47. The Kier molecular flexibility index (Phi) is 2.25. The molecule has 3 aromatic heterocycles. The summed E-state index contributed by atoms with van der Waals surface area (Å²) in [6, 6.07) is 23.6. The van der Waals surface area contributed by atoms with Crippen molar-refractivity contribution in [2.24, 2.45) is 0 Å². The highest BCUT2D eigenvalue weighted by molar-refractivity contribution is 6.11. The highest BCUT2D eigenvalue weighted by Gasteiger charge is 2.21. The standard InChI is InChI=1S/C20H14N2/c1-2-9-17-15(7-1)16-8-3-4-10-18(16)22-14-13-21-12-6-5-11-19(21)20(17)22/h1-14H/q+2. The van der Waals surface area contributed by atoms with Crippen LogP contribution in [0.5, 0.6) is 0 Å². The third kappa shape index (κ3) is 1.44. The number of rotatable bonds is 0. The number of benzene rings is 2. The zero-order valence-corrected chi connectivity index (χ0v) is 12.0. The highest BCUT2D eigenvalue weighted by Crippen LogP contribution is 2.26. The molecule has 0 radical (unpaired) electrons. The van der Waals surface area contributed by atoms with Crippen molar-refractivity contribution in [2.45, 2.75) is 0 Å². The van der Waals surface area contributed by atoms with Crippen LogP contribution in [0.2, 0.25) is 0 Å². The normalized spacial score (nSPS) is 11.6. The predicted octanol–water partition coefficient (Wildman–Crippen LogP) is 3.47. The van der Waals surface area contributed by atoms with E-state index in [0.717, 1.165) is 0 Å². The molecule has 0 saturated carbocycles. The monoisotopic (exact) mass is 282 g/mol. The van der Waals surface area contributed by atoms with Gasteiger partial charge in [-0.1, -0.05) is 30.3 Å². The molecule has 0 N–H and O–H groups in total. The molecule has 0 fully saturated rings. The largest absolute Gasteiger partial charge is 0.291 e. The maximum atomic E-state index is 2.30. The number of para-hydroxylation sites is 1. The molecule has 22 heavy (non-hydrogen) atoms. The Morgan fingerprint density at radius 2 is 1.18 bits per heavy atom. The molecule has 102 valence electrons. The molecule has 0 atom stereocenters. The van der Waals surface area contributed by atoms with Crippen LogP contribution in [0.4, 0.5) is 0 Å². The van der Waals surface area contributed by atoms with Crippen LogP contribution in [0.25, 0.3) is 32.7 Å². The minimum atomic E-state index is 1.21. The molecule has 2 aromatic carbocycles. The van der Waals surface area contributed by atoms with Gasteiger partial charge in [0.2, 0.25) is 17.9 Å². The zero-order chi connectivity index (χ0) is 14.5. The summed E-state index contributed by atoms with van der Waals surface area (Å²) in [7, 11) is 0. The number of hydrogen-bond donors (Lipinski definition) is 0. The lowest BCUT2D eigenvalue weighted by molar-refractivity contribution is -0.551. The van der Waals surface area contributed by atoms with Crippen molar-refractivity contribution in [1.29, 1.82) is 0 Å². The molecule has 0 aliphatic carbocycles. The van der Waals surface area contributed by atoms with Gasteiger partial charge < -0.3 is 0 Å². The Bertz CT molecular complexity index is 1130. The van der Waals surface area contributed by atoms with Crippen LogP contribution in [-0.2, 0) is 0 Å². The average Bonchev–Trinajstić information content (AvgIpc) is 2.61. The number of pyridine rings is 2. The van der Waals surface area contributed by atoms with Crippen LogP contribution in [0, 0.1) is 0 Å². The molecule has 2 heteroatoms. The predicted molar refractivity (Wildman–Crippen MR) is 87.8 cm³/mol. The molecule has 0 spiro atoms. The van der Waals surface area contributed by atoms with E-state index >= 15 is 0 Å². The Hall–Kier alpha value is -3.00. The zero-order valence-electron chi connectivity index (χ0n) is 12.0. The summed E-state index contributed by atoms with van der Waals surface area (Å²) in [6.45, 7) is 0. The van der Waals surface area contributed by atoms with E-state index in [0.29, 0.717) is 0 Å². The molecule has 3 heterocycles. The van der Waals surface area contributed by atoms with E-state index in [9.17, 15) is 0 Å². The number of hydrogen-bond acceptors (Lipinski definition) is 0. The van der Waals surface area contributed by atoms with Gasteiger partial charge in [-0.15, -0.1) is 4.40 Å². The molecular weight excluding hydrogens is 268 g/mol. The summed E-state index contributed by atoms with van der Waals surface area (Å²) < 4.78 is 4.48. The van der Waals surface area contributed by atoms with Gasteiger partial charge in [0.15, 0.2) is 6.20 Å².